The fourth-order valence-corrected chi connectivity index (χ4v) is 5.77. The Balaban J connectivity index is 0.00000405. The zero-order valence-electron chi connectivity index (χ0n) is 21.5. The number of hydrogen-bond donors (Lipinski definition) is 0. The molecule has 0 aliphatic rings. The van der Waals surface area contributed by atoms with Crippen LogP contribution >= 0.6 is 69.6 Å². The number of carbonyl (C=O) groups is 1. The molecule has 4 aromatic carbocycles. The zero-order valence-corrected chi connectivity index (χ0v) is 26.8. The molecule has 42 heavy (non-hydrogen) atoms. The highest BCUT2D eigenvalue weighted by Crippen LogP contribution is 2.32. The lowest BCUT2D eigenvalue weighted by molar-refractivity contribution is -0.704. The van der Waals surface area contributed by atoms with Crippen molar-refractivity contribution in [2.75, 3.05) is 0 Å². The van der Waals surface area contributed by atoms with Crippen LogP contribution in [0.25, 0.3) is 0 Å². The molecular weight excluding hydrogens is 681 g/mol. The summed E-state index contributed by atoms with van der Waals surface area (Å²) in [5, 5.41) is 2.75. The van der Waals surface area contributed by atoms with Crippen LogP contribution in [0.3, 0.4) is 0 Å². The molecule has 1 unspecified atom stereocenters. The highest BCUT2D eigenvalue weighted by molar-refractivity contribution is 6.36. The lowest BCUT2D eigenvalue weighted by atomic mass is 9.98. The van der Waals surface area contributed by atoms with E-state index in [-0.39, 0.29) is 35.6 Å². The van der Waals surface area contributed by atoms with Crippen LogP contribution in [-0.2, 0) is 11.3 Å². The fourth-order valence-electron chi connectivity index (χ4n) is 4.50. The smallest absolute Gasteiger partial charge is 0.340 e. The molecule has 0 aliphatic heterocycles. The molecule has 0 saturated carbocycles. The molecule has 0 aliphatic carbocycles. The first kappa shape index (κ1) is 32.5. The summed E-state index contributed by atoms with van der Waals surface area (Å²) in [5.74, 6) is -0.608. The molecule has 216 valence electrons. The predicted molar refractivity (Wildman–Crippen MR) is 166 cm³/mol. The van der Waals surface area contributed by atoms with E-state index in [1.54, 1.807) is 24.3 Å². The first-order chi connectivity index (χ1) is 19.7. The monoisotopic (exact) mass is 698 g/mol. The van der Waals surface area contributed by atoms with Crippen molar-refractivity contribution in [3.8, 4) is 0 Å². The van der Waals surface area contributed by atoms with E-state index in [1.165, 1.54) is 12.1 Å². The van der Waals surface area contributed by atoms with E-state index in [1.807, 2.05) is 71.8 Å². The Labute approximate surface area is 279 Å². The quantitative estimate of drug-likeness (QED) is 0.130. The first-order valence-electron chi connectivity index (χ1n) is 12.4. The Kier molecular flexibility index (Phi) is 11.1. The fraction of sp³-hybridized carbons (Fsp3) is 0.0968. The summed E-state index contributed by atoms with van der Waals surface area (Å²) in [7, 11) is 0. The first-order valence-corrected chi connectivity index (χ1v) is 14.6. The Bertz CT molecular complexity index is 1640. The number of imidazole rings is 1. The average molecular weight is 702 g/mol. The van der Waals surface area contributed by atoms with Gasteiger partial charge in [-0.25, -0.2) is 13.9 Å². The minimum Gasteiger partial charge on any atom is -1.00 e. The topological polar surface area (TPSA) is 35.1 Å². The number of nitrogens with zero attached hydrogens (tertiary/aromatic N) is 2. The van der Waals surface area contributed by atoms with Crippen molar-refractivity contribution < 1.29 is 26.5 Å². The SMILES string of the molecule is O=C(OC(Cn1cc[n+](C(c2ccc(Cl)cc2)c2ccc(Cl)cc2)c1)c1ccc(Cl)cc1Cl)c1ccc(Cl)cc1Cl.[Cl-]. The van der Waals surface area contributed by atoms with Gasteiger partial charge in [0, 0.05) is 41.8 Å². The van der Waals surface area contributed by atoms with Crippen molar-refractivity contribution in [1.82, 2.24) is 4.57 Å². The van der Waals surface area contributed by atoms with E-state index in [2.05, 4.69) is 4.57 Å². The number of halogens is 7. The summed E-state index contributed by atoms with van der Waals surface area (Å²) >= 11 is 37.3. The third kappa shape index (κ3) is 7.75. The molecule has 0 fully saturated rings. The van der Waals surface area contributed by atoms with Crippen molar-refractivity contribution >= 4 is 75.6 Å². The van der Waals surface area contributed by atoms with Gasteiger partial charge in [-0.2, -0.15) is 0 Å². The Hall–Kier alpha value is -2.41. The van der Waals surface area contributed by atoms with Gasteiger partial charge in [0.1, 0.15) is 18.9 Å². The van der Waals surface area contributed by atoms with E-state index < -0.39 is 12.1 Å². The van der Waals surface area contributed by atoms with Gasteiger partial charge in [-0.05, 0) is 54.6 Å². The maximum absolute atomic E-state index is 13.2. The largest absolute Gasteiger partial charge is 1.00 e. The van der Waals surface area contributed by atoms with Crippen LogP contribution in [0.2, 0.25) is 30.1 Å². The van der Waals surface area contributed by atoms with Crippen LogP contribution in [0.4, 0.5) is 0 Å². The normalized spacial score (nSPS) is 11.7. The molecule has 0 N–H and O–H groups in total. The molecule has 0 radical (unpaired) electrons. The van der Waals surface area contributed by atoms with E-state index in [0.29, 0.717) is 30.7 Å². The predicted octanol–water partition coefficient (Wildman–Crippen LogP) is 6.94. The molecule has 5 rings (SSSR count). The minimum atomic E-state index is -0.760. The van der Waals surface area contributed by atoms with Crippen molar-refractivity contribution in [3.05, 3.63) is 156 Å². The van der Waals surface area contributed by atoms with Gasteiger partial charge in [0.2, 0.25) is 6.33 Å². The molecular formula is C31H21Cl7N2O2. The van der Waals surface area contributed by atoms with E-state index >= 15 is 0 Å². The molecule has 4 nitrogen and oxygen atoms in total. The summed E-state index contributed by atoms with van der Waals surface area (Å²) in [6.45, 7) is 0.263. The zero-order chi connectivity index (χ0) is 29.1. The highest BCUT2D eigenvalue weighted by Gasteiger charge is 2.27. The summed E-state index contributed by atoms with van der Waals surface area (Å²) < 4.78 is 9.96. The van der Waals surface area contributed by atoms with Crippen molar-refractivity contribution in [2.24, 2.45) is 0 Å². The number of ether oxygens (including phenoxy) is 1. The van der Waals surface area contributed by atoms with Gasteiger partial charge in [-0.1, -0.05) is 99.9 Å². The van der Waals surface area contributed by atoms with Crippen LogP contribution in [0.1, 0.15) is 39.2 Å². The lowest BCUT2D eigenvalue weighted by Crippen LogP contribution is -3.00. The molecule has 0 saturated heterocycles. The second kappa shape index (κ2) is 14.4. The molecule has 0 amide bonds. The molecule has 1 aromatic heterocycles. The van der Waals surface area contributed by atoms with Crippen LogP contribution in [0.5, 0.6) is 0 Å². The van der Waals surface area contributed by atoms with E-state index in [0.717, 1.165) is 11.1 Å². The lowest BCUT2D eigenvalue weighted by Gasteiger charge is -2.19. The second-order valence-electron chi connectivity index (χ2n) is 9.25. The minimum absolute atomic E-state index is 0. The third-order valence-corrected chi connectivity index (χ3v) is 8.08. The van der Waals surface area contributed by atoms with E-state index in [4.69, 9.17) is 74.3 Å². The number of aromatic nitrogens is 2. The number of rotatable bonds is 8. The third-order valence-electron chi connectivity index (χ3n) is 6.47. The van der Waals surface area contributed by atoms with E-state index in [9.17, 15) is 4.79 Å². The molecule has 0 bridgehead atoms. The van der Waals surface area contributed by atoms with Crippen molar-refractivity contribution in [2.45, 2.75) is 18.7 Å². The second-order valence-corrected chi connectivity index (χ2v) is 11.8. The Morgan fingerprint density at radius 1 is 0.714 bits per heavy atom. The molecule has 1 heterocycles. The number of esters is 1. The van der Waals surface area contributed by atoms with Gasteiger partial charge < -0.3 is 17.1 Å². The number of carbonyl (C=O) groups excluding carboxylic acids is 1. The van der Waals surface area contributed by atoms with Crippen LogP contribution < -0.4 is 17.0 Å². The van der Waals surface area contributed by atoms with Gasteiger partial charge in [-0.3, -0.25) is 0 Å². The average Bonchev–Trinajstić information content (AvgIpc) is 3.38. The van der Waals surface area contributed by atoms with Gasteiger partial charge in [0.05, 0.1) is 10.6 Å². The maximum Gasteiger partial charge on any atom is 0.340 e. The number of hydrogen-bond acceptors (Lipinski definition) is 2. The standard InChI is InChI=1S/C31H21Cl6N2O2.ClH/c32-21-5-1-19(2-6-21)30(20-3-7-22(33)8-4-20)39-14-13-38(18-39)17-29(25-11-9-23(34)15-27(25)36)41-31(40)26-12-10-24(35)16-28(26)37;/h1-16,18,29-30H,17H2;1H/q+1;/p-1. The molecule has 5 aromatic rings. The molecule has 1 atom stereocenters. The summed E-state index contributed by atoms with van der Waals surface area (Å²) in [5.41, 5.74) is 2.85. The molecule has 11 heteroatoms. The highest BCUT2D eigenvalue weighted by atomic mass is 35.5. The van der Waals surface area contributed by atoms with Crippen LogP contribution in [0.15, 0.2) is 104 Å². The van der Waals surface area contributed by atoms with Crippen LogP contribution in [0, 0.1) is 0 Å². The van der Waals surface area contributed by atoms with Crippen molar-refractivity contribution in [3.63, 3.8) is 0 Å². The van der Waals surface area contributed by atoms with Gasteiger partial charge in [0.15, 0.2) is 12.1 Å². The van der Waals surface area contributed by atoms with Crippen LogP contribution in [-0.4, -0.2) is 10.5 Å². The summed E-state index contributed by atoms with van der Waals surface area (Å²) in [6, 6.07) is 24.9. The Morgan fingerprint density at radius 3 is 1.79 bits per heavy atom. The van der Waals surface area contributed by atoms with Gasteiger partial charge >= 0.3 is 5.97 Å². The summed E-state index contributed by atoms with van der Waals surface area (Å²) in [4.78, 5) is 13.2. The number of benzene rings is 4. The summed E-state index contributed by atoms with van der Waals surface area (Å²) in [6.07, 6.45) is 5.03. The van der Waals surface area contributed by atoms with Gasteiger partial charge in [0.25, 0.3) is 0 Å². The van der Waals surface area contributed by atoms with Crippen molar-refractivity contribution in [1.29, 1.82) is 0 Å². The van der Waals surface area contributed by atoms with Gasteiger partial charge in [-0.15, -0.1) is 0 Å². The maximum atomic E-state index is 13.2. The molecule has 0 spiro atoms. The Morgan fingerprint density at radius 2 is 1.24 bits per heavy atom.